The van der Waals surface area contributed by atoms with Gasteiger partial charge in [0.15, 0.2) is 0 Å². The highest BCUT2D eigenvalue weighted by Crippen LogP contribution is 2.41. The van der Waals surface area contributed by atoms with Gasteiger partial charge in [-0.2, -0.15) is 0 Å². The zero-order chi connectivity index (χ0) is 15.3. The lowest BCUT2D eigenvalue weighted by molar-refractivity contribution is 0.104. The van der Waals surface area contributed by atoms with Gasteiger partial charge >= 0.3 is 0 Å². The molecule has 3 heteroatoms. The van der Waals surface area contributed by atoms with Crippen LogP contribution in [0.3, 0.4) is 0 Å². The summed E-state index contributed by atoms with van der Waals surface area (Å²) in [6.45, 7) is 2.02. The largest absolute Gasteiger partial charge is 0.350 e. The van der Waals surface area contributed by atoms with Crippen molar-refractivity contribution >= 4 is 34.5 Å². The Bertz CT molecular complexity index is 949. The van der Waals surface area contributed by atoms with E-state index in [9.17, 15) is 4.79 Å². The molecule has 0 atom stereocenters. The molecule has 3 aromatic rings. The molecule has 0 radical (unpaired) electrons. The molecule has 0 bridgehead atoms. The number of allylic oxidation sites excluding steroid dienone is 1. The van der Waals surface area contributed by atoms with Crippen LogP contribution in [0.1, 0.15) is 21.5 Å². The quantitative estimate of drug-likeness (QED) is 0.601. The molecule has 1 aliphatic heterocycles. The molecule has 0 aliphatic carbocycles. The van der Waals surface area contributed by atoms with Gasteiger partial charge in [0.1, 0.15) is 0 Å². The number of fused-ring (bicyclic) bond motifs is 2. The lowest BCUT2D eigenvalue weighted by Gasteiger charge is -1.95. The van der Waals surface area contributed by atoms with Crippen LogP contribution >= 0.6 is 11.8 Å². The molecule has 4 rings (SSSR count). The van der Waals surface area contributed by atoms with E-state index in [0.717, 1.165) is 26.5 Å². The Morgan fingerprint density at radius 3 is 2.82 bits per heavy atom. The van der Waals surface area contributed by atoms with Gasteiger partial charge in [-0.3, -0.25) is 4.79 Å². The number of nitrogens with zero attached hydrogens (tertiary/aromatic N) is 1. The second-order valence-corrected chi connectivity index (χ2v) is 6.74. The second-order valence-electron chi connectivity index (χ2n) is 5.65. The summed E-state index contributed by atoms with van der Waals surface area (Å²) in [5, 5.41) is 1.18. The molecule has 1 aromatic heterocycles. The Hall–Kier alpha value is -2.26. The third-order valence-corrected chi connectivity index (χ3v) is 5.14. The number of aryl methyl sites for hydroxylation is 2. The van der Waals surface area contributed by atoms with Crippen LogP contribution in [0.2, 0.25) is 0 Å². The molecule has 0 N–H and O–H groups in total. The summed E-state index contributed by atoms with van der Waals surface area (Å²) in [6.07, 6.45) is 4.10. The van der Waals surface area contributed by atoms with Crippen LogP contribution in [0.15, 0.2) is 58.5 Å². The number of hydrogen-bond acceptors (Lipinski definition) is 2. The highest BCUT2D eigenvalue weighted by molar-refractivity contribution is 8.04. The number of hydrogen-bond donors (Lipinski definition) is 0. The molecule has 2 heterocycles. The number of para-hydroxylation sites is 1. The summed E-state index contributed by atoms with van der Waals surface area (Å²) in [5.41, 5.74) is 4.23. The standard InChI is InChI=1S/C19H15NOS/c1-12-7-8-17-15(9-12)19(21)18(22-17)10-13-11-20(2)16-6-4-3-5-14(13)16/h3-11H,1-2H3/b18-10+. The fourth-order valence-electron chi connectivity index (χ4n) is 2.93. The number of ketones is 1. The SMILES string of the molecule is Cc1ccc2c(c1)C(=O)/C(=C\c1cn(C)c3ccccc13)S2. The van der Waals surface area contributed by atoms with Crippen molar-refractivity contribution in [1.29, 1.82) is 0 Å². The van der Waals surface area contributed by atoms with Crippen LogP contribution in [0.5, 0.6) is 0 Å². The third kappa shape index (κ3) is 2.01. The molecule has 0 saturated heterocycles. The molecule has 2 nitrogen and oxygen atoms in total. The number of Topliss-reactive ketones (excluding diaryl/α,β-unsaturated/α-hetero) is 1. The molecule has 0 fully saturated rings. The van der Waals surface area contributed by atoms with Crippen LogP contribution in [0.4, 0.5) is 0 Å². The predicted octanol–water partition coefficient (Wildman–Crippen LogP) is 4.82. The van der Waals surface area contributed by atoms with Gasteiger partial charge in [0, 0.05) is 40.2 Å². The smallest absolute Gasteiger partial charge is 0.200 e. The van der Waals surface area contributed by atoms with E-state index in [1.807, 2.05) is 44.3 Å². The van der Waals surface area contributed by atoms with Gasteiger partial charge < -0.3 is 4.57 Å². The van der Waals surface area contributed by atoms with Crippen LogP contribution in [0.25, 0.3) is 17.0 Å². The van der Waals surface area contributed by atoms with Crippen molar-refractivity contribution in [1.82, 2.24) is 4.57 Å². The molecule has 0 spiro atoms. The molecule has 0 amide bonds. The third-order valence-electron chi connectivity index (χ3n) is 4.04. The van der Waals surface area contributed by atoms with E-state index >= 15 is 0 Å². The maximum atomic E-state index is 12.6. The van der Waals surface area contributed by atoms with Crippen LogP contribution < -0.4 is 0 Å². The van der Waals surface area contributed by atoms with Crippen molar-refractivity contribution in [3.8, 4) is 0 Å². The first-order valence-corrected chi connectivity index (χ1v) is 8.04. The highest BCUT2D eigenvalue weighted by atomic mass is 32.2. The zero-order valence-electron chi connectivity index (χ0n) is 12.5. The van der Waals surface area contributed by atoms with Gasteiger partial charge in [0.25, 0.3) is 0 Å². The molecular formula is C19H15NOS. The maximum Gasteiger partial charge on any atom is 0.200 e. The minimum absolute atomic E-state index is 0.136. The first-order chi connectivity index (χ1) is 10.6. The van der Waals surface area contributed by atoms with E-state index < -0.39 is 0 Å². The van der Waals surface area contributed by atoms with Gasteiger partial charge in [-0.25, -0.2) is 0 Å². The zero-order valence-corrected chi connectivity index (χ0v) is 13.3. The Morgan fingerprint density at radius 1 is 1.14 bits per heavy atom. The summed E-state index contributed by atoms with van der Waals surface area (Å²) in [7, 11) is 2.03. The fourth-order valence-corrected chi connectivity index (χ4v) is 3.96. The molecule has 22 heavy (non-hydrogen) atoms. The predicted molar refractivity (Wildman–Crippen MR) is 92.3 cm³/mol. The van der Waals surface area contributed by atoms with Gasteiger partial charge in [-0.05, 0) is 31.2 Å². The van der Waals surface area contributed by atoms with Gasteiger partial charge in [-0.1, -0.05) is 41.6 Å². The van der Waals surface area contributed by atoms with Crippen molar-refractivity contribution in [2.24, 2.45) is 7.05 Å². The summed E-state index contributed by atoms with van der Waals surface area (Å²) < 4.78 is 2.10. The van der Waals surface area contributed by atoms with E-state index in [0.29, 0.717) is 0 Å². The minimum atomic E-state index is 0.136. The van der Waals surface area contributed by atoms with Crippen LogP contribution in [-0.2, 0) is 7.05 Å². The first kappa shape index (κ1) is 13.4. The van der Waals surface area contributed by atoms with Crippen LogP contribution in [-0.4, -0.2) is 10.4 Å². The Labute approximate surface area is 133 Å². The maximum absolute atomic E-state index is 12.6. The minimum Gasteiger partial charge on any atom is -0.350 e. The average molecular weight is 305 g/mol. The number of thioether (sulfide) groups is 1. The van der Waals surface area contributed by atoms with Crippen LogP contribution in [0, 0.1) is 6.92 Å². The second kappa shape index (κ2) is 4.89. The lowest BCUT2D eigenvalue weighted by Crippen LogP contribution is -1.94. The topological polar surface area (TPSA) is 22.0 Å². The summed E-state index contributed by atoms with van der Waals surface area (Å²) in [6, 6.07) is 14.3. The van der Waals surface area contributed by atoms with E-state index in [1.54, 1.807) is 11.8 Å². The number of benzene rings is 2. The normalized spacial score (nSPS) is 15.7. The average Bonchev–Trinajstić information content (AvgIpc) is 2.99. The monoisotopic (exact) mass is 305 g/mol. The highest BCUT2D eigenvalue weighted by Gasteiger charge is 2.26. The summed E-state index contributed by atoms with van der Waals surface area (Å²) in [5.74, 6) is 0.136. The van der Waals surface area contributed by atoms with E-state index in [1.165, 1.54) is 10.9 Å². The molecule has 108 valence electrons. The summed E-state index contributed by atoms with van der Waals surface area (Å²) in [4.78, 5) is 14.5. The first-order valence-electron chi connectivity index (χ1n) is 7.22. The van der Waals surface area contributed by atoms with Crippen molar-refractivity contribution in [2.75, 3.05) is 0 Å². The Morgan fingerprint density at radius 2 is 1.95 bits per heavy atom. The summed E-state index contributed by atoms with van der Waals surface area (Å²) >= 11 is 1.57. The lowest BCUT2D eigenvalue weighted by atomic mass is 10.1. The van der Waals surface area contributed by atoms with E-state index in [2.05, 4.69) is 29.0 Å². The van der Waals surface area contributed by atoms with Crippen molar-refractivity contribution in [2.45, 2.75) is 11.8 Å². The van der Waals surface area contributed by atoms with Gasteiger partial charge in [-0.15, -0.1) is 0 Å². The fraction of sp³-hybridized carbons (Fsp3) is 0.105. The van der Waals surface area contributed by atoms with Crippen molar-refractivity contribution in [3.63, 3.8) is 0 Å². The van der Waals surface area contributed by atoms with Crippen molar-refractivity contribution < 1.29 is 4.79 Å². The molecule has 2 aromatic carbocycles. The molecular weight excluding hydrogens is 290 g/mol. The number of carbonyl (C=O) groups is 1. The number of carbonyl (C=O) groups excluding carboxylic acids is 1. The molecule has 0 unspecified atom stereocenters. The Balaban J connectivity index is 1.83. The molecule has 0 saturated carbocycles. The molecule has 1 aliphatic rings. The Kier molecular flexibility index (Phi) is 2.98. The van der Waals surface area contributed by atoms with Crippen molar-refractivity contribution in [3.05, 3.63) is 70.3 Å². The van der Waals surface area contributed by atoms with Gasteiger partial charge in [0.05, 0.1) is 4.91 Å². The van der Waals surface area contributed by atoms with E-state index in [-0.39, 0.29) is 5.78 Å². The van der Waals surface area contributed by atoms with Gasteiger partial charge in [0.2, 0.25) is 5.78 Å². The van der Waals surface area contributed by atoms with E-state index in [4.69, 9.17) is 0 Å². The number of aromatic nitrogens is 1. The number of rotatable bonds is 1.